The van der Waals surface area contributed by atoms with Gasteiger partial charge in [0, 0.05) is 4.47 Å². The Morgan fingerprint density at radius 2 is 1.96 bits per heavy atom. The molecule has 0 radical (unpaired) electrons. The third-order valence-electron chi connectivity index (χ3n) is 3.29. The highest BCUT2D eigenvalue weighted by atomic mass is 79.9. The fourth-order valence-electron chi connectivity index (χ4n) is 2.22. The van der Waals surface area contributed by atoms with Crippen LogP contribution in [-0.4, -0.2) is 21.3 Å². The molecule has 3 rings (SSSR count). The molecule has 0 aromatic heterocycles. The van der Waals surface area contributed by atoms with Crippen LogP contribution in [0.3, 0.4) is 0 Å². The Kier molecular flexibility index (Phi) is 4.84. The largest absolute Gasteiger partial charge is 0.478 e. The molecule has 1 heterocycles. The highest BCUT2D eigenvalue weighted by Crippen LogP contribution is 2.36. The van der Waals surface area contributed by atoms with E-state index in [2.05, 4.69) is 15.9 Å². The molecule has 1 aliphatic heterocycles. The molecule has 1 aliphatic rings. The van der Waals surface area contributed by atoms with Crippen molar-refractivity contribution in [1.82, 2.24) is 0 Å². The van der Waals surface area contributed by atoms with Gasteiger partial charge < -0.3 is 5.11 Å². The summed E-state index contributed by atoms with van der Waals surface area (Å²) >= 11 is 9.89. The fourth-order valence-corrected chi connectivity index (χ4v) is 3.93. The van der Waals surface area contributed by atoms with Crippen LogP contribution in [0, 0.1) is 0 Å². The van der Waals surface area contributed by atoms with E-state index in [1.165, 1.54) is 28.8 Å². The summed E-state index contributed by atoms with van der Waals surface area (Å²) in [5.74, 6) is -1.31. The molecule has 2 aromatic rings. The minimum absolute atomic E-state index is 0.109. The number of amides is 1. The van der Waals surface area contributed by atoms with Crippen LogP contribution in [0.2, 0.25) is 0 Å². The van der Waals surface area contributed by atoms with E-state index in [0.717, 1.165) is 10.0 Å². The lowest BCUT2D eigenvalue weighted by molar-refractivity contribution is -0.113. The Bertz CT molecular complexity index is 895. The third kappa shape index (κ3) is 3.43. The number of carboxylic acids is 1. The van der Waals surface area contributed by atoms with E-state index in [-0.39, 0.29) is 11.5 Å². The monoisotopic (exact) mass is 419 g/mol. The first-order chi connectivity index (χ1) is 11.5. The minimum atomic E-state index is -1.05. The number of carbonyl (C=O) groups is 2. The van der Waals surface area contributed by atoms with Crippen LogP contribution >= 0.6 is 39.9 Å². The van der Waals surface area contributed by atoms with Crippen LogP contribution in [0.1, 0.15) is 15.9 Å². The molecule has 2 aromatic carbocycles. The van der Waals surface area contributed by atoms with E-state index < -0.39 is 5.97 Å². The summed E-state index contributed by atoms with van der Waals surface area (Å²) < 4.78 is 1.30. The second-order valence-corrected chi connectivity index (χ2v) is 7.52. The number of carboxylic acid groups (broad SMARTS) is 1. The van der Waals surface area contributed by atoms with Gasteiger partial charge >= 0.3 is 5.97 Å². The minimum Gasteiger partial charge on any atom is -0.478 e. The second kappa shape index (κ2) is 6.88. The molecule has 24 heavy (non-hydrogen) atoms. The summed E-state index contributed by atoms with van der Waals surface area (Å²) in [6, 6.07) is 13.7. The van der Waals surface area contributed by atoms with E-state index in [1.54, 1.807) is 18.2 Å². The van der Waals surface area contributed by atoms with Gasteiger partial charge in [0.25, 0.3) is 5.91 Å². The Labute approximate surface area is 156 Å². The standard InChI is InChI=1S/C17H10BrNO3S2/c18-12-5-1-3-10(7-12)8-14-15(20)19(17(23)24-14)13-6-2-4-11(9-13)16(21)22/h1-9H,(H,21,22)/b14-8+. The highest BCUT2D eigenvalue weighted by Gasteiger charge is 2.33. The molecule has 0 unspecified atom stereocenters. The molecule has 120 valence electrons. The summed E-state index contributed by atoms with van der Waals surface area (Å²) in [5, 5.41) is 9.10. The third-order valence-corrected chi connectivity index (χ3v) is 5.09. The first-order valence-electron chi connectivity index (χ1n) is 6.82. The molecule has 0 bridgehead atoms. The maximum Gasteiger partial charge on any atom is 0.335 e. The number of benzene rings is 2. The van der Waals surface area contributed by atoms with Crippen molar-refractivity contribution in [2.75, 3.05) is 4.90 Å². The van der Waals surface area contributed by atoms with Crippen LogP contribution in [-0.2, 0) is 4.79 Å². The van der Waals surface area contributed by atoms with Crippen molar-refractivity contribution in [3.05, 3.63) is 69.0 Å². The quantitative estimate of drug-likeness (QED) is 0.583. The summed E-state index contributed by atoms with van der Waals surface area (Å²) in [7, 11) is 0. The molecule has 1 amide bonds. The molecule has 7 heteroatoms. The van der Waals surface area contributed by atoms with Crippen LogP contribution in [0.25, 0.3) is 6.08 Å². The normalized spacial score (nSPS) is 16.0. The zero-order chi connectivity index (χ0) is 17.3. The van der Waals surface area contributed by atoms with Crippen molar-refractivity contribution < 1.29 is 14.7 Å². The van der Waals surface area contributed by atoms with Gasteiger partial charge in [-0.2, -0.15) is 0 Å². The smallest absolute Gasteiger partial charge is 0.335 e. The van der Waals surface area contributed by atoms with E-state index in [4.69, 9.17) is 17.3 Å². The SMILES string of the molecule is O=C(O)c1cccc(N2C(=O)/C(=C\c3cccc(Br)c3)SC2=S)c1. The van der Waals surface area contributed by atoms with Gasteiger partial charge in [-0.15, -0.1) is 0 Å². The number of thioether (sulfide) groups is 1. The lowest BCUT2D eigenvalue weighted by Gasteiger charge is -2.14. The molecular formula is C17H10BrNO3S2. The van der Waals surface area contributed by atoms with Gasteiger partial charge in [-0.05, 0) is 42.0 Å². The van der Waals surface area contributed by atoms with E-state index in [1.807, 2.05) is 24.3 Å². The summed E-state index contributed by atoms with van der Waals surface area (Å²) in [4.78, 5) is 25.6. The van der Waals surface area contributed by atoms with Crippen molar-refractivity contribution in [3.63, 3.8) is 0 Å². The summed E-state index contributed by atoms with van der Waals surface area (Å²) in [5.41, 5.74) is 1.44. The van der Waals surface area contributed by atoms with Gasteiger partial charge in [0.05, 0.1) is 16.2 Å². The first-order valence-corrected chi connectivity index (χ1v) is 8.84. The van der Waals surface area contributed by atoms with Crippen molar-refractivity contribution in [2.24, 2.45) is 0 Å². The van der Waals surface area contributed by atoms with E-state index in [9.17, 15) is 9.59 Å². The maximum absolute atomic E-state index is 12.7. The molecular weight excluding hydrogens is 410 g/mol. The molecule has 0 saturated carbocycles. The lowest BCUT2D eigenvalue weighted by Crippen LogP contribution is -2.27. The van der Waals surface area contributed by atoms with Gasteiger partial charge in [-0.1, -0.05) is 58.1 Å². The lowest BCUT2D eigenvalue weighted by atomic mass is 10.2. The van der Waals surface area contributed by atoms with E-state index in [0.29, 0.717) is 14.9 Å². The average molecular weight is 420 g/mol. The number of carbonyl (C=O) groups excluding carboxylic acids is 1. The van der Waals surface area contributed by atoms with Crippen LogP contribution in [0.15, 0.2) is 57.9 Å². The number of aromatic carboxylic acids is 1. The van der Waals surface area contributed by atoms with Gasteiger partial charge in [-0.25, -0.2) is 4.79 Å². The Morgan fingerprint density at radius 3 is 2.67 bits per heavy atom. The number of thiocarbonyl (C=S) groups is 1. The van der Waals surface area contributed by atoms with Crippen molar-refractivity contribution in [1.29, 1.82) is 0 Å². The number of halogens is 1. The number of hydrogen-bond acceptors (Lipinski definition) is 4. The van der Waals surface area contributed by atoms with Gasteiger partial charge in [-0.3, -0.25) is 9.69 Å². The maximum atomic E-state index is 12.7. The molecule has 1 N–H and O–H groups in total. The Morgan fingerprint density at radius 1 is 1.21 bits per heavy atom. The number of rotatable bonds is 3. The first kappa shape index (κ1) is 16.9. The van der Waals surface area contributed by atoms with Gasteiger partial charge in [0.1, 0.15) is 0 Å². The van der Waals surface area contributed by atoms with Crippen molar-refractivity contribution in [2.45, 2.75) is 0 Å². The zero-order valence-electron chi connectivity index (χ0n) is 12.1. The van der Waals surface area contributed by atoms with Crippen molar-refractivity contribution in [3.8, 4) is 0 Å². The Balaban J connectivity index is 1.95. The average Bonchev–Trinajstić information content (AvgIpc) is 2.81. The summed E-state index contributed by atoms with van der Waals surface area (Å²) in [6.07, 6.45) is 1.77. The predicted molar refractivity (Wildman–Crippen MR) is 103 cm³/mol. The van der Waals surface area contributed by atoms with Crippen LogP contribution < -0.4 is 4.90 Å². The zero-order valence-corrected chi connectivity index (χ0v) is 15.3. The summed E-state index contributed by atoms with van der Waals surface area (Å²) in [6.45, 7) is 0. The second-order valence-electron chi connectivity index (χ2n) is 4.93. The number of nitrogens with zero attached hydrogens (tertiary/aromatic N) is 1. The molecule has 1 fully saturated rings. The highest BCUT2D eigenvalue weighted by molar-refractivity contribution is 9.10. The molecule has 0 atom stereocenters. The topological polar surface area (TPSA) is 57.6 Å². The number of anilines is 1. The molecule has 4 nitrogen and oxygen atoms in total. The molecule has 0 spiro atoms. The Hall–Kier alpha value is -1.96. The van der Waals surface area contributed by atoms with Crippen LogP contribution in [0.5, 0.6) is 0 Å². The van der Waals surface area contributed by atoms with E-state index >= 15 is 0 Å². The van der Waals surface area contributed by atoms with Crippen LogP contribution in [0.4, 0.5) is 5.69 Å². The molecule has 1 saturated heterocycles. The van der Waals surface area contributed by atoms with Gasteiger partial charge in [0.2, 0.25) is 0 Å². The van der Waals surface area contributed by atoms with Crippen molar-refractivity contribution >= 4 is 67.9 Å². The van der Waals surface area contributed by atoms with Gasteiger partial charge in [0.15, 0.2) is 4.32 Å². The fraction of sp³-hybridized carbons (Fsp3) is 0. The molecule has 0 aliphatic carbocycles. The predicted octanol–water partition coefficient (Wildman–Crippen LogP) is 4.55. The number of hydrogen-bond donors (Lipinski definition) is 1.